The van der Waals surface area contributed by atoms with Crippen LogP contribution < -0.4 is 10.6 Å². The van der Waals surface area contributed by atoms with Crippen LogP contribution in [0.3, 0.4) is 0 Å². The number of hydrogen-bond acceptors (Lipinski definition) is 3. The van der Waals surface area contributed by atoms with Crippen LogP contribution in [0.5, 0.6) is 0 Å². The van der Waals surface area contributed by atoms with E-state index >= 15 is 0 Å². The molecule has 1 aliphatic heterocycles. The Balaban J connectivity index is 1.60. The Hall–Kier alpha value is -2.37. The van der Waals surface area contributed by atoms with Crippen molar-refractivity contribution in [2.75, 3.05) is 25.0 Å². The van der Waals surface area contributed by atoms with E-state index in [0.29, 0.717) is 24.3 Å². The lowest BCUT2D eigenvalue weighted by Gasteiger charge is -2.32. The summed E-state index contributed by atoms with van der Waals surface area (Å²) in [7, 11) is 0. The van der Waals surface area contributed by atoms with Crippen molar-refractivity contribution in [2.24, 2.45) is 5.92 Å². The number of para-hydroxylation sites is 1. The Bertz CT molecular complexity index is 854. The van der Waals surface area contributed by atoms with Crippen molar-refractivity contribution in [2.45, 2.75) is 39.2 Å². The summed E-state index contributed by atoms with van der Waals surface area (Å²) in [5.41, 5.74) is 2.27. The molecule has 0 radical (unpaired) electrons. The quantitative estimate of drug-likeness (QED) is 0.599. The molecule has 30 heavy (non-hydrogen) atoms. The summed E-state index contributed by atoms with van der Waals surface area (Å²) in [4.78, 5) is 27.8. The molecule has 1 aliphatic rings. The highest BCUT2D eigenvalue weighted by Gasteiger charge is 2.26. The van der Waals surface area contributed by atoms with Crippen LogP contribution in [0.1, 0.15) is 48.5 Å². The smallest absolute Gasteiger partial charge is 0.253 e. The Morgan fingerprint density at radius 1 is 1.13 bits per heavy atom. The average molecular weight is 428 g/mol. The average Bonchev–Trinajstić information content (AvgIpc) is 2.76. The van der Waals surface area contributed by atoms with E-state index in [1.807, 2.05) is 36.4 Å². The largest absolute Gasteiger partial charge is 0.352 e. The molecule has 1 unspecified atom stereocenters. The van der Waals surface area contributed by atoms with E-state index in [9.17, 15) is 9.59 Å². The van der Waals surface area contributed by atoms with Gasteiger partial charge in [-0.1, -0.05) is 49.2 Å². The highest BCUT2D eigenvalue weighted by Crippen LogP contribution is 2.22. The molecule has 1 saturated heterocycles. The fraction of sp³-hybridized carbons (Fsp3) is 0.417. The van der Waals surface area contributed by atoms with Gasteiger partial charge in [0.2, 0.25) is 5.91 Å². The molecule has 1 atom stereocenters. The fourth-order valence-corrected chi connectivity index (χ4v) is 3.89. The number of unbranched alkanes of at least 4 members (excludes halogenated alkanes) is 1. The molecule has 2 amide bonds. The molecule has 6 heteroatoms. The van der Waals surface area contributed by atoms with Crippen LogP contribution in [0.4, 0.5) is 5.69 Å². The van der Waals surface area contributed by atoms with E-state index in [1.54, 1.807) is 12.1 Å². The summed E-state index contributed by atoms with van der Waals surface area (Å²) in [5, 5.41) is 6.65. The predicted molar refractivity (Wildman–Crippen MR) is 122 cm³/mol. The summed E-state index contributed by atoms with van der Waals surface area (Å²) in [6.07, 6.45) is 3.79. The maximum Gasteiger partial charge on any atom is 0.253 e. The minimum absolute atomic E-state index is 0.0235. The lowest BCUT2D eigenvalue weighted by Crippen LogP contribution is -2.40. The summed E-state index contributed by atoms with van der Waals surface area (Å²) >= 11 is 5.97. The number of hydrogen-bond donors (Lipinski definition) is 2. The molecule has 0 spiro atoms. The Morgan fingerprint density at radius 3 is 2.67 bits per heavy atom. The van der Waals surface area contributed by atoms with Gasteiger partial charge in [-0.2, -0.15) is 0 Å². The zero-order valence-electron chi connectivity index (χ0n) is 17.5. The fourth-order valence-electron chi connectivity index (χ4n) is 3.76. The summed E-state index contributed by atoms with van der Waals surface area (Å²) in [6.45, 7) is 5.21. The van der Waals surface area contributed by atoms with Gasteiger partial charge in [0.1, 0.15) is 0 Å². The molecule has 0 bridgehead atoms. The van der Waals surface area contributed by atoms with E-state index < -0.39 is 0 Å². The molecular weight excluding hydrogens is 398 g/mol. The van der Waals surface area contributed by atoms with Crippen molar-refractivity contribution in [1.82, 2.24) is 10.2 Å². The zero-order valence-corrected chi connectivity index (χ0v) is 18.3. The van der Waals surface area contributed by atoms with Crippen LogP contribution in [0.2, 0.25) is 5.02 Å². The van der Waals surface area contributed by atoms with Crippen LogP contribution in [-0.2, 0) is 11.3 Å². The highest BCUT2D eigenvalue weighted by molar-refractivity contribution is 6.30. The second kappa shape index (κ2) is 11.1. The number of carbonyl (C=O) groups excluding carboxylic acids is 2. The van der Waals surface area contributed by atoms with Crippen molar-refractivity contribution in [3.05, 3.63) is 64.7 Å². The maximum absolute atomic E-state index is 13.0. The molecule has 0 saturated carbocycles. The molecule has 0 aromatic heterocycles. The number of benzene rings is 2. The van der Waals surface area contributed by atoms with Crippen molar-refractivity contribution < 1.29 is 9.59 Å². The Labute approximate surface area is 183 Å². The van der Waals surface area contributed by atoms with E-state index in [1.165, 1.54) is 5.56 Å². The van der Waals surface area contributed by atoms with Crippen molar-refractivity contribution in [3.8, 4) is 0 Å². The Morgan fingerprint density at radius 2 is 1.90 bits per heavy atom. The van der Waals surface area contributed by atoms with E-state index in [-0.39, 0.29) is 17.7 Å². The van der Waals surface area contributed by atoms with Gasteiger partial charge in [0.15, 0.2) is 0 Å². The number of halogens is 1. The van der Waals surface area contributed by atoms with E-state index in [0.717, 1.165) is 43.8 Å². The molecule has 2 aromatic rings. The third kappa shape index (κ3) is 6.31. The van der Waals surface area contributed by atoms with Gasteiger partial charge in [-0.3, -0.25) is 14.5 Å². The van der Waals surface area contributed by atoms with Crippen molar-refractivity contribution in [1.29, 1.82) is 0 Å². The number of piperidine rings is 1. The first-order valence-corrected chi connectivity index (χ1v) is 11.1. The summed E-state index contributed by atoms with van der Waals surface area (Å²) in [5.74, 6) is -0.265. The third-order valence-corrected chi connectivity index (χ3v) is 5.69. The molecule has 0 aliphatic carbocycles. The van der Waals surface area contributed by atoms with Crippen LogP contribution >= 0.6 is 11.6 Å². The topological polar surface area (TPSA) is 61.4 Å². The van der Waals surface area contributed by atoms with Gasteiger partial charge < -0.3 is 10.6 Å². The first kappa shape index (κ1) is 22.3. The van der Waals surface area contributed by atoms with Gasteiger partial charge in [0.25, 0.3) is 5.91 Å². The number of nitrogens with zero attached hydrogens (tertiary/aromatic N) is 1. The molecule has 3 rings (SSSR count). The first-order chi connectivity index (χ1) is 14.6. The van der Waals surface area contributed by atoms with Crippen LogP contribution in [-0.4, -0.2) is 36.3 Å². The maximum atomic E-state index is 13.0. The standard InChI is InChI=1S/C24H30ClN3O2/c1-2-3-14-26-24(30)21-8-4-5-9-22(21)27-23(29)19-7-6-15-28(17-19)16-18-10-12-20(25)13-11-18/h4-5,8-13,19H,2-3,6-7,14-17H2,1H3,(H,26,30)(H,27,29). The zero-order chi connectivity index (χ0) is 21.3. The molecule has 2 aromatic carbocycles. The first-order valence-electron chi connectivity index (χ1n) is 10.7. The molecule has 160 valence electrons. The van der Waals surface area contributed by atoms with Crippen molar-refractivity contribution in [3.63, 3.8) is 0 Å². The van der Waals surface area contributed by atoms with Gasteiger partial charge in [-0.25, -0.2) is 0 Å². The van der Waals surface area contributed by atoms with E-state index in [2.05, 4.69) is 22.5 Å². The minimum Gasteiger partial charge on any atom is -0.352 e. The van der Waals surface area contributed by atoms with Gasteiger partial charge in [0.05, 0.1) is 17.2 Å². The van der Waals surface area contributed by atoms with Gasteiger partial charge in [-0.15, -0.1) is 0 Å². The molecule has 2 N–H and O–H groups in total. The number of rotatable bonds is 8. The highest BCUT2D eigenvalue weighted by atomic mass is 35.5. The van der Waals surface area contributed by atoms with Crippen LogP contribution in [0.25, 0.3) is 0 Å². The lowest BCUT2D eigenvalue weighted by atomic mass is 9.96. The SMILES string of the molecule is CCCCNC(=O)c1ccccc1NC(=O)C1CCCN(Cc2ccc(Cl)cc2)C1. The summed E-state index contributed by atoms with van der Waals surface area (Å²) in [6, 6.07) is 15.1. The second-order valence-corrected chi connectivity index (χ2v) is 8.28. The van der Waals surface area contributed by atoms with Crippen LogP contribution in [0.15, 0.2) is 48.5 Å². The molecule has 1 fully saturated rings. The van der Waals surface area contributed by atoms with Gasteiger partial charge in [-0.05, 0) is 55.6 Å². The normalized spacial score (nSPS) is 16.8. The minimum atomic E-state index is -0.146. The number of likely N-dealkylation sites (tertiary alicyclic amines) is 1. The number of anilines is 1. The molecule has 5 nitrogen and oxygen atoms in total. The number of nitrogens with one attached hydrogen (secondary N) is 2. The van der Waals surface area contributed by atoms with Gasteiger partial charge in [0, 0.05) is 24.7 Å². The monoisotopic (exact) mass is 427 g/mol. The molecular formula is C24H30ClN3O2. The number of amides is 2. The second-order valence-electron chi connectivity index (χ2n) is 7.85. The van der Waals surface area contributed by atoms with E-state index in [4.69, 9.17) is 11.6 Å². The molecule has 1 heterocycles. The third-order valence-electron chi connectivity index (χ3n) is 5.44. The summed E-state index contributed by atoms with van der Waals surface area (Å²) < 4.78 is 0. The Kier molecular flexibility index (Phi) is 8.29. The van der Waals surface area contributed by atoms with Crippen LogP contribution in [0, 0.1) is 5.92 Å². The number of carbonyl (C=O) groups is 2. The van der Waals surface area contributed by atoms with Gasteiger partial charge >= 0.3 is 0 Å². The lowest BCUT2D eigenvalue weighted by molar-refractivity contribution is -0.121. The predicted octanol–water partition coefficient (Wildman–Crippen LogP) is 4.72. The van der Waals surface area contributed by atoms with Crippen molar-refractivity contribution >= 4 is 29.1 Å².